The van der Waals surface area contributed by atoms with E-state index < -0.39 is 5.97 Å². The summed E-state index contributed by atoms with van der Waals surface area (Å²) in [6, 6.07) is 11.1. The number of pyridine rings is 1. The molecule has 0 radical (unpaired) electrons. The molecule has 1 aromatic carbocycles. The van der Waals surface area contributed by atoms with Crippen molar-refractivity contribution in [2.45, 2.75) is 18.6 Å². The van der Waals surface area contributed by atoms with E-state index in [0.29, 0.717) is 16.2 Å². The van der Waals surface area contributed by atoms with Gasteiger partial charge in [0, 0.05) is 6.07 Å². The molecule has 8 heteroatoms. The number of hydrogen-bond acceptors (Lipinski definition) is 7. The maximum absolute atomic E-state index is 11.9. The van der Waals surface area contributed by atoms with Crippen LogP contribution >= 0.6 is 23.1 Å². The molecule has 3 rings (SSSR count). The summed E-state index contributed by atoms with van der Waals surface area (Å²) in [6.07, 6.45) is 0. The van der Waals surface area contributed by atoms with E-state index in [1.165, 1.54) is 17.4 Å². The molecule has 126 valence electrons. The number of aromatic amines is 1. The standard InChI is InChI=1S/C17H13N3O3S2/c1-10-6-14(21)20-17(11(10)7-18)24-9-16(22)23-8-15-19-12-4-2-3-5-13(12)25-15/h2-6H,8-9H2,1H3,(H,20,21). The van der Waals surface area contributed by atoms with Crippen molar-refractivity contribution in [1.29, 1.82) is 5.26 Å². The number of aromatic nitrogens is 2. The number of ether oxygens (including phenoxy) is 1. The Bertz CT molecular complexity index is 1000. The van der Waals surface area contributed by atoms with Crippen LogP contribution in [0.2, 0.25) is 0 Å². The minimum Gasteiger partial charge on any atom is -0.458 e. The lowest BCUT2D eigenvalue weighted by Gasteiger charge is -2.06. The Morgan fingerprint density at radius 1 is 1.44 bits per heavy atom. The minimum atomic E-state index is -0.435. The van der Waals surface area contributed by atoms with Crippen LogP contribution in [0.1, 0.15) is 16.1 Å². The highest BCUT2D eigenvalue weighted by atomic mass is 32.2. The number of carbonyl (C=O) groups is 1. The largest absolute Gasteiger partial charge is 0.458 e. The molecule has 0 aliphatic rings. The van der Waals surface area contributed by atoms with Crippen LogP contribution < -0.4 is 5.56 Å². The van der Waals surface area contributed by atoms with Crippen LogP contribution in [-0.4, -0.2) is 21.7 Å². The molecule has 0 aliphatic heterocycles. The summed E-state index contributed by atoms with van der Waals surface area (Å²) >= 11 is 2.56. The normalized spacial score (nSPS) is 10.6. The van der Waals surface area contributed by atoms with E-state index in [-0.39, 0.29) is 17.9 Å². The van der Waals surface area contributed by atoms with Crippen molar-refractivity contribution in [3.05, 3.63) is 56.8 Å². The van der Waals surface area contributed by atoms with Crippen LogP contribution in [-0.2, 0) is 16.1 Å². The van der Waals surface area contributed by atoms with Gasteiger partial charge in [0.05, 0.1) is 26.6 Å². The first-order chi connectivity index (χ1) is 12.1. The summed E-state index contributed by atoms with van der Waals surface area (Å²) in [6.45, 7) is 1.79. The number of nitriles is 1. The monoisotopic (exact) mass is 371 g/mol. The number of rotatable bonds is 5. The first-order valence-corrected chi connectivity index (χ1v) is 9.14. The van der Waals surface area contributed by atoms with Crippen LogP contribution in [0.3, 0.4) is 0 Å². The maximum Gasteiger partial charge on any atom is 0.316 e. The van der Waals surface area contributed by atoms with Crippen molar-refractivity contribution in [3.8, 4) is 6.07 Å². The predicted molar refractivity (Wildman–Crippen MR) is 96.7 cm³/mol. The lowest BCUT2D eigenvalue weighted by molar-refractivity contribution is -0.141. The summed E-state index contributed by atoms with van der Waals surface area (Å²) in [7, 11) is 0. The fourth-order valence-electron chi connectivity index (χ4n) is 2.20. The minimum absolute atomic E-state index is 0.00102. The summed E-state index contributed by atoms with van der Waals surface area (Å²) in [4.78, 5) is 30.4. The fourth-order valence-corrected chi connectivity index (χ4v) is 3.95. The molecule has 0 saturated carbocycles. The zero-order valence-corrected chi connectivity index (χ0v) is 14.9. The molecule has 0 fully saturated rings. The first-order valence-electron chi connectivity index (χ1n) is 7.33. The number of aryl methyl sites for hydroxylation is 1. The van der Waals surface area contributed by atoms with Crippen LogP contribution in [0.4, 0.5) is 0 Å². The predicted octanol–water partition coefficient (Wildman–Crippen LogP) is 3.00. The second kappa shape index (κ2) is 7.51. The van der Waals surface area contributed by atoms with Gasteiger partial charge in [-0.25, -0.2) is 4.98 Å². The molecular formula is C17H13N3O3S2. The molecule has 3 aromatic rings. The number of carbonyl (C=O) groups excluding carboxylic acids is 1. The van der Waals surface area contributed by atoms with E-state index >= 15 is 0 Å². The van der Waals surface area contributed by atoms with E-state index in [2.05, 4.69) is 9.97 Å². The Balaban J connectivity index is 1.60. The number of H-pyrrole nitrogens is 1. The molecule has 2 heterocycles. The number of nitrogens with one attached hydrogen (secondary N) is 1. The number of thiazole rings is 1. The van der Waals surface area contributed by atoms with Gasteiger partial charge < -0.3 is 9.72 Å². The first kappa shape index (κ1) is 17.2. The van der Waals surface area contributed by atoms with Crippen molar-refractivity contribution < 1.29 is 9.53 Å². The SMILES string of the molecule is Cc1cc(=O)[nH]c(SCC(=O)OCc2nc3ccccc3s2)c1C#N. The van der Waals surface area contributed by atoms with E-state index in [1.54, 1.807) is 6.92 Å². The number of nitrogens with zero attached hydrogens (tertiary/aromatic N) is 2. The van der Waals surface area contributed by atoms with Crippen molar-refractivity contribution in [3.63, 3.8) is 0 Å². The molecule has 0 aliphatic carbocycles. The number of benzene rings is 1. The average Bonchev–Trinajstić information content (AvgIpc) is 3.00. The van der Waals surface area contributed by atoms with Crippen LogP contribution in [0.25, 0.3) is 10.2 Å². The van der Waals surface area contributed by atoms with Gasteiger partial charge in [-0.15, -0.1) is 11.3 Å². The zero-order chi connectivity index (χ0) is 17.8. The Hall–Kier alpha value is -2.63. The Morgan fingerprint density at radius 2 is 2.24 bits per heavy atom. The summed E-state index contributed by atoms with van der Waals surface area (Å²) in [5, 5.41) is 10.3. The van der Waals surface area contributed by atoms with Gasteiger partial charge in [0.1, 0.15) is 17.7 Å². The Kier molecular flexibility index (Phi) is 5.16. The quantitative estimate of drug-likeness (QED) is 0.547. The topological polar surface area (TPSA) is 95.8 Å². The van der Waals surface area contributed by atoms with Crippen LogP contribution in [0.5, 0.6) is 0 Å². The third-order valence-electron chi connectivity index (χ3n) is 3.35. The number of fused-ring (bicyclic) bond motifs is 1. The van der Waals surface area contributed by atoms with Crippen molar-refractivity contribution in [1.82, 2.24) is 9.97 Å². The van der Waals surface area contributed by atoms with E-state index in [4.69, 9.17) is 10.00 Å². The molecule has 1 N–H and O–H groups in total. The lowest BCUT2D eigenvalue weighted by Crippen LogP contribution is -2.11. The lowest BCUT2D eigenvalue weighted by atomic mass is 10.2. The van der Waals surface area contributed by atoms with Gasteiger partial charge in [-0.2, -0.15) is 5.26 Å². The molecule has 25 heavy (non-hydrogen) atoms. The van der Waals surface area contributed by atoms with Gasteiger partial charge in [-0.1, -0.05) is 23.9 Å². The summed E-state index contributed by atoms with van der Waals surface area (Å²) in [5.74, 6) is -0.436. The molecular weight excluding hydrogens is 358 g/mol. The van der Waals surface area contributed by atoms with Gasteiger partial charge in [-0.05, 0) is 24.6 Å². The van der Waals surface area contributed by atoms with E-state index in [9.17, 15) is 9.59 Å². The Labute approximate surface area is 151 Å². The highest BCUT2D eigenvalue weighted by Gasteiger charge is 2.12. The highest BCUT2D eigenvalue weighted by molar-refractivity contribution is 7.99. The van der Waals surface area contributed by atoms with Crippen LogP contribution in [0.15, 0.2) is 40.2 Å². The van der Waals surface area contributed by atoms with Gasteiger partial charge in [0.25, 0.3) is 0 Å². The zero-order valence-electron chi connectivity index (χ0n) is 13.2. The summed E-state index contributed by atoms with van der Waals surface area (Å²) in [5.41, 5.74) is 1.52. The van der Waals surface area contributed by atoms with Crippen molar-refractivity contribution in [2.24, 2.45) is 0 Å². The smallest absolute Gasteiger partial charge is 0.316 e. The molecule has 2 aromatic heterocycles. The second-order valence-corrected chi connectivity index (χ2v) is 7.26. The average molecular weight is 371 g/mol. The number of esters is 1. The van der Waals surface area contributed by atoms with E-state index in [1.807, 2.05) is 30.3 Å². The molecule has 0 atom stereocenters. The molecule has 0 saturated heterocycles. The fraction of sp³-hybridized carbons (Fsp3) is 0.176. The van der Waals surface area contributed by atoms with Gasteiger partial charge in [-0.3, -0.25) is 9.59 Å². The summed E-state index contributed by atoms with van der Waals surface area (Å²) < 4.78 is 6.27. The Morgan fingerprint density at radius 3 is 3.00 bits per heavy atom. The molecule has 0 unspecified atom stereocenters. The van der Waals surface area contributed by atoms with Gasteiger partial charge >= 0.3 is 5.97 Å². The number of thioether (sulfide) groups is 1. The second-order valence-electron chi connectivity index (χ2n) is 5.16. The van der Waals surface area contributed by atoms with Gasteiger partial charge in [0.2, 0.25) is 5.56 Å². The number of hydrogen-bond donors (Lipinski definition) is 1. The molecule has 0 spiro atoms. The van der Waals surface area contributed by atoms with Crippen LogP contribution in [0, 0.1) is 18.3 Å². The molecule has 6 nitrogen and oxygen atoms in total. The van der Waals surface area contributed by atoms with Gasteiger partial charge in [0.15, 0.2) is 0 Å². The molecule has 0 bridgehead atoms. The third kappa shape index (κ3) is 4.07. The number of para-hydroxylation sites is 1. The maximum atomic E-state index is 11.9. The highest BCUT2D eigenvalue weighted by Crippen LogP contribution is 2.23. The third-order valence-corrected chi connectivity index (χ3v) is 5.33. The van der Waals surface area contributed by atoms with E-state index in [0.717, 1.165) is 27.0 Å². The van der Waals surface area contributed by atoms with Crippen molar-refractivity contribution in [2.75, 3.05) is 5.75 Å². The molecule has 0 amide bonds. The van der Waals surface area contributed by atoms with Crippen molar-refractivity contribution >= 4 is 39.3 Å².